The first kappa shape index (κ1) is 24.6. The molecule has 1 aliphatic rings. The van der Waals surface area contributed by atoms with E-state index in [0.717, 1.165) is 19.3 Å². The Balaban J connectivity index is 1.94. The van der Waals surface area contributed by atoms with Crippen LogP contribution >= 0.6 is 0 Å². The maximum absolute atomic E-state index is 13.2. The van der Waals surface area contributed by atoms with Crippen molar-refractivity contribution >= 4 is 27.5 Å². The number of methoxy groups -OCH3 is 1. The molecule has 2 amide bonds. The lowest BCUT2D eigenvalue weighted by Crippen LogP contribution is -2.35. The molecule has 0 atom stereocenters. The van der Waals surface area contributed by atoms with Crippen molar-refractivity contribution in [3.05, 3.63) is 53.6 Å². The number of rotatable bonds is 8. The van der Waals surface area contributed by atoms with E-state index >= 15 is 0 Å². The molecule has 9 heteroatoms. The number of hydrogen-bond acceptors (Lipinski definition) is 5. The van der Waals surface area contributed by atoms with Crippen molar-refractivity contribution in [3.63, 3.8) is 0 Å². The first-order valence-corrected chi connectivity index (χ1v) is 12.7. The molecule has 0 aromatic heterocycles. The Morgan fingerprint density at radius 3 is 2.30 bits per heavy atom. The van der Waals surface area contributed by atoms with Crippen LogP contribution in [0, 0.1) is 0 Å². The highest BCUT2D eigenvalue weighted by molar-refractivity contribution is 7.92. The SMILES string of the molecule is CCN(CC)C(=O)c1ccccc1NS(=O)(=O)c1ccc(OC)c(C(=O)N2CCCCC2)c1. The molecule has 2 aromatic carbocycles. The second-order valence-electron chi connectivity index (χ2n) is 7.84. The lowest BCUT2D eigenvalue weighted by molar-refractivity contribution is 0.0719. The minimum Gasteiger partial charge on any atom is -0.496 e. The van der Waals surface area contributed by atoms with E-state index in [9.17, 15) is 18.0 Å². The number of nitrogens with zero attached hydrogens (tertiary/aromatic N) is 2. The molecule has 0 saturated carbocycles. The summed E-state index contributed by atoms with van der Waals surface area (Å²) >= 11 is 0. The fourth-order valence-corrected chi connectivity index (χ4v) is 5.04. The van der Waals surface area contributed by atoms with Crippen molar-refractivity contribution < 1.29 is 22.7 Å². The number of para-hydroxylation sites is 1. The average molecular weight is 474 g/mol. The molecule has 0 spiro atoms. The highest BCUT2D eigenvalue weighted by atomic mass is 32.2. The largest absolute Gasteiger partial charge is 0.496 e. The van der Waals surface area contributed by atoms with Crippen molar-refractivity contribution in [2.24, 2.45) is 0 Å². The molecule has 0 bridgehead atoms. The molecule has 1 N–H and O–H groups in total. The first-order valence-electron chi connectivity index (χ1n) is 11.2. The number of benzene rings is 2. The summed E-state index contributed by atoms with van der Waals surface area (Å²) in [6, 6.07) is 10.7. The normalized spacial score (nSPS) is 14.0. The second-order valence-corrected chi connectivity index (χ2v) is 9.53. The fraction of sp³-hybridized carbons (Fsp3) is 0.417. The molecule has 1 saturated heterocycles. The molecule has 2 aromatic rings. The fourth-order valence-electron chi connectivity index (χ4n) is 3.93. The Kier molecular flexibility index (Phi) is 7.97. The van der Waals surface area contributed by atoms with Crippen LogP contribution in [-0.4, -0.2) is 63.3 Å². The van der Waals surface area contributed by atoms with Gasteiger partial charge >= 0.3 is 0 Å². The molecule has 8 nitrogen and oxygen atoms in total. The maximum Gasteiger partial charge on any atom is 0.261 e. The van der Waals surface area contributed by atoms with Crippen LogP contribution in [0.5, 0.6) is 5.75 Å². The smallest absolute Gasteiger partial charge is 0.261 e. The Bertz CT molecular complexity index is 1110. The number of likely N-dealkylation sites (tertiary alicyclic amines) is 1. The van der Waals surface area contributed by atoms with E-state index in [1.807, 2.05) is 13.8 Å². The molecule has 0 radical (unpaired) electrons. The summed E-state index contributed by atoms with van der Waals surface area (Å²) in [5, 5.41) is 0. The van der Waals surface area contributed by atoms with E-state index in [-0.39, 0.29) is 33.5 Å². The summed E-state index contributed by atoms with van der Waals surface area (Å²) in [7, 11) is -2.62. The summed E-state index contributed by atoms with van der Waals surface area (Å²) in [6.45, 7) is 6.03. The van der Waals surface area contributed by atoms with Crippen LogP contribution in [-0.2, 0) is 10.0 Å². The lowest BCUT2D eigenvalue weighted by Gasteiger charge is -2.27. The third kappa shape index (κ3) is 5.47. The van der Waals surface area contributed by atoms with E-state index in [0.29, 0.717) is 31.9 Å². The van der Waals surface area contributed by atoms with E-state index in [2.05, 4.69) is 4.72 Å². The van der Waals surface area contributed by atoms with Gasteiger partial charge in [-0.15, -0.1) is 0 Å². The van der Waals surface area contributed by atoms with Crippen LogP contribution in [0.2, 0.25) is 0 Å². The number of sulfonamides is 1. The molecule has 1 fully saturated rings. The lowest BCUT2D eigenvalue weighted by atomic mass is 10.1. The first-order chi connectivity index (χ1) is 15.8. The van der Waals surface area contributed by atoms with E-state index < -0.39 is 10.0 Å². The number of carbonyl (C=O) groups is 2. The van der Waals surface area contributed by atoms with E-state index in [1.165, 1.54) is 25.3 Å². The van der Waals surface area contributed by atoms with Gasteiger partial charge in [-0.1, -0.05) is 12.1 Å². The van der Waals surface area contributed by atoms with Gasteiger partial charge in [-0.2, -0.15) is 0 Å². The van der Waals surface area contributed by atoms with Gasteiger partial charge in [0.25, 0.3) is 21.8 Å². The van der Waals surface area contributed by atoms with Gasteiger partial charge in [0.15, 0.2) is 0 Å². The van der Waals surface area contributed by atoms with Gasteiger partial charge in [0, 0.05) is 26.2 Å². The molecule has 1 heterocycles. The van der Waals surface area contributed by atoms with Gasteiger partial charge in [0.2, 0.25) is 0 Å². The van der Waals surface area contributed by atoms with Gasteiger partial charge in [-0.05, 0) is 63.4 Å². The Morgan fingerprint density at radius 2 is 1.67 bits per heavy atom. The van der Waals surface area contributed by atoms with Gasteiger partial charge < -0.3 is 14.5 Å². The Labute approximate surface area is 195 Å². The second kappa shape index (κ2) is 10.7. The van der Waals surface area contributed by atoms with Crippen LogP contribution in [0.3, 0.4) is 0 Å². The highest BCUT2D eigenvalue weighted by Crippen LogP contribution is 2.27. The van der Waals surface area contributed by atoms with Crippen molar-refractivity contribution in [1.82, 2.24) is 9.80 Å². The van der Waals surface area contributed by atoms with Gasteiger partial charge in [-0.3, -0.25) is 14.3 Å². The van der Waals surface area contributed by atoms with Crippen molar-refractivity contribution in [2.45, 2.75) is 38.0 Å². The summed E-state index contributed by atoms with van der Waals surface area (Å²) < 4.78 is 34.3. The van der Waals surface area contributed by atoms with E-state index in [4.69, 9.17) is 4.74 Å². The quantitative estimate of drug-likeness (QED) is 0.632. The number of piperidine rings is 1. The highest BCUT2D eigenvalue weighted by Gasteiger charge is 2.26. The number of amides is 2. The van der Waals surface area contributed by atoms with Crippen LogP contribution < -0.4 is 9.46 Å². The zero-order valence-corrected chi connectivity index (χ0v) is 20.2. The Hall–Kier alpha value is -3.07. The van der Waals surface area contributed by atoms with Gasteiger partial charge in [-0.25, -0.2) is 8.42 Å². The molecular formula is C24H31N3O5S. The van der Waals surface area contributed by atoms with Crippen LogP contribution in [0.15, 0.2) is 47.4 Å². The summed E-state index contributed by atoms with van der Waals surface area (Å²) in [5.41, 5.74) is 0.659. The molecule has 3 rings (SSSR count). The maximum atomic E-state index is 13.2. The third-order valence-electron chi connectivity index (χ3n) is 5.81. The predicted octanol–water partition coefficient (Wildman–Crippen LogP) is 3.60. The molecule has 178 valence electrons. The number of hydrogen-bond donors (Lipinski definition) is 1. The summed E-state index contributed by atoms with van der Waals surface area (Å²) in [5.74, 6) is -0.184. The van der Waals surface area contributed by atoms with Crippen LogP contribution in [0.4, 0.5) is 5.69 Å². The topological polar surface area (TPSA) is 96.0 Å². The predicted molar refractivity (Wildman–Crippen MR) is 127 cm³/mol. The van der Waals surface area contributed by atoms with E-state index in [1.54, 1.807) is 34.1 Å². The standard InChI is InChI=1S/C24H31N3O5S/c1-4-26(5-2)23(28)19-11-7-8-12-21(19)25-33(30,31)18-13-14-22(32-3)20(17-18)24(29)27-15-9-6-10-16-27/h7-8,11-14,17,25H,4-6,9-10,15-16H2,1-3H3. The van der Waals surface area contributed by atoms with Crippen LogP contribution in [0.1, 0.15) is 53.8 Å². The molecule has 33 heavy (non-hydrogen) atoms. The third-order valence-corrected chi connectivity index (χ3v) is 7.17. The average Bonchev–Trinajstić information content (AvgIpc) is 2.84. The Morgan fingerprint density at radius 1 is 1.00 bits per heavy atom. The summed E-state index contributed by atoms with van der Waals surface area (Å²) in [6.07, 6.45) is 2.92. The number of nitrogens with one attached hydrogen (secondary N) is 1. The number of anilines is 1. The minimum absolute atomic E-state index is 0.0752. The zero-order chi connectivity index (χ0) is 24.0. The molecule has 0 aliphatic carbocycles. The van der Waals surface area contributed by atoms with Crippen molar-refractivity contribution in [3.8, 4) is 5.75 Å². The molecular weight excluding hydrogens is 442 g/mol. The number of carbonyl (C=O) groups excluding carboxylic acids is 2. The van der Waals surface area contributed by atoms with Gasteiger partial charge in [0.05, 0.1) is 28.8 Å². The monoisotopic (exact) mass is 473 g/mol. The van der Waals surface area contributed by atoms with Gasteiger partial charge in [0.1, 0.15) is 5.75 Å². The minimum atomic E-state index is -4.07. The number of ether oxygens (including phenoxy) is 1. The van der Waals surface area contributed by atoms with Crippen molar-refractivity contribution in [1.29, 1.82) is 0 Å². The summed E-state index contributed by atoms with van der Waals surface area (Å²) in [4.78, 5) is 29.2. The van der Waals surface area contributed by atoms with Crippen LogP contribution in [0.25, 0.3) is 0 Å². The molecule has 1 aliphatic heterocycles. The zero-order valence-electron chi connectivity index (χ0n) is 19.3. The van der Waals surface area contributed by atoms with Crippen molar-refractivity contribution in [2.75, 3.05) is 38.0 Å². The molecule has 0 unspecified atom stereocenters.